The first-order valence-corrected chi connectivity index (χ1v) is 7.50. The first-order chi connectivity index (χ1) is 10.6. The first kappa shape index (κ1) is 14.8. The summed E-state index contributed by atoms with van der Waals surface area (Å²) in [6.45, 7) is 4.02. The molecule has 0 radical (unpaired) electrons. The van der Waals surface area contributed by atoms with Crippen LogP contribution in [-0.2, 0) is 14.3 Å². The van der Waals surface area contributed by atoms with E-state index in [0.29, 0.717) is 0 Å². The Morgan fingerprint density at radius 2 is 1.86 bits per heavy atom. The van der Waals surface area contributed by atoms with E-state index in [1.165, 1.54) is 17.9 Å². The van der Waals surface area contributed by atoms with E-state index in [9.17, 15) is 4.79 Å². The van der Waals surface area contributed by atoms with Gasteiger partial charge < -0.3 is 9.47 Å². The summed E-state index contributed by atoms with van der Waals surface area (Å²) in [5, 5.41) is 2.38. The molecule has 0 N–H and O–H groups in total. The lowest BCUT2D eigenvalue weighted by Gasteiger charge is -2.32. The molecule has 2 aromatic rings. The van der Waals surface area contributed by atoms with Gasteiger partial charge in [-0.2, -0.15) is 0 Å². The molecular formula is C19H20O3. The Labute approximate surface area is 130 Å². The minimum atomic E-state index is -0.613. The number of esters is 1. The summed E-state index contributed by atoms with van der Waals surface area (Å²) in [7, 11) is 1.39. The predicted molar refractivity (Wildman–Crippen MR) is 86.5 cm³/mol. The maximum Gasteiger partial charge on any atom is 0.339 e. The summed E-state index contributed by atoms with van der Waals surface area (Å²) in [4.78, 5) is 11.9. The molecule has 0 spiro atoms. The Kier molecular flexibility index (Phi) is 3.99. The molecule has 0 saturated carbocycles. The van der Waals surface area contributed by atoms with Crippen LogP contribution in [0.5, 0.6) is 0 Å². The largest absolute Gasteiger partial charge is 0.467 e. The average Bonchev–Trinajstić information content (AvgIpc) is 2.54. The highest BCUT2D eigenvalue weighted by molar-refractivity contribution is 5.83. The summed E-state index contributed by atoms with van der Waals surface area (Å²) < 4.78 is 10.9. The van der Waals surface area contributed by atoms with Gasteiger partial charge in [0.1, 0.15) is 0 Å². The van der Waals surface area contributed by atoms with E-state index < -0.39 is 6.10 Å². The van der Waals surface area contributed by atoms with E-state index in [2.05, 4.69) is 43.3 Å². The zero-order chi connectivity index (χ0) is 15.7. The molecule has 3 rings (SSSR count). The summed E-state index contributed by atoms with van der Waals surface area (Å²) >= 11 is 0. The SMILES string of the molecule is COC(=O)[C@@H]1O[C@H](c2ccc3ccccc3c2)[C@@H](C)C=C1C. The fourth-order valence-electron chi connectivity index (χ4n) is 3.08. The zero-order valence-electron chi connectivity index (χ0n) is 13.1. The van der Waals surface area contributed by atoms with E-state index >= 15 is 0 Å². The number of hydrogen-bond donors (Lipinski definition) is 0. The van der Waals surface area contributed by atoms with Crippen molar-refractivity contribution in [1.29, 1.82) is 0 Å². The Hall–Kier alpha value is -2.13. The van der Waals surface area contributed by atoms with Gasteiger partial charge in [0.25, 0.3) is 0 Å². The number of carbonyl (C=O) groups excluding carboxylic acids is 1. The van der Waals surface area contributed by atoms with Gasteiger partial charge in [0.05, 0.1) is 13.2 Å². The maximum atomic E-state index is 11.9. The van der Waals surface area contributed by atoms with Gasteiger partial charge in [-0.15, -0.1) is 0 Å². The Balaban J connectivity index is 1.97. The Morgan fingerprint density at radius 3 is 2.59 bits per heavy atom. The molecule has 1 aliphatic rings. The second kappa shape index (κ2) is 5.93. The van der Waals surface area contributed by atoms with Crippen molar-refractivity contribution in [2.24, 2.45) is 5.92 Å². The minimum absolute atomic E-state index is 0.141. The maximum absolute atomic E-state index is 11.9. The number of carbonyl (C=O) groups is 1. The van der Waals surface area contributed by atoms with Crippen molar-refractivity contribution in [3.8, 4) is 0 Å². The zero-order valence-corrected chi connectivity index (χ0v) is 13.1. The topological polar surface area (TPSA) is 35.5 Å². The number of methoxy groups -OCH3 is 1. The van der Waals surface area contributed by atoms with Crippen LogP contribution in [0.4, 0.5) is 0 Å². The van der Waals surface area contributed by atoms with Gasteiger partial charge in [0.15, 0.2) is 6.10 Å². The molecule has 22 heavy (non-hydrogen) atoms. The van der Waals surface area contributed by atoms with E-state index in [1.807, 2.05) is 19.1 Å². The molecule has 0 saturated heterocycles. The van der Waals surface area contributed by atoms with Crippen molar-refractivity contribution < 1.29 is 14.3 Å². The second-order valence-electron chi connectivity index (χ2n) is 5.84. The van der Waals surface area contributed by atoms with Crippen LogP contribution in [0.15, 0.2) is 54.1 Å². The molecule has 3 heteroatoms. The van der Waals surface area contributed by atoms with Crippen LogP contribution in [0.1, 0.15) is 25.5 Å². The molecule has 3 nitrogen and oxygen atoms in total. The van der Waals surface area contributed by atoms with Crippen LogP contribution in [0.3, 0.4) is 0 Å². The van der Waals surface area contributed by atoms with Crippen LogP contribution in [0, 0.1) is 5.92 Å². The number of hydrogen-bond acceptors (Lipinski definition) is 3. The van der Waals surface area contributed by atoms with E-state index in [-0.39, 0.29) is 18.0 Å². The molecule has 0 fully saturated rings. The summed E-state index contributed by atoms with van der Waals surface area (Å²) in [5.41, 5.74) is 2.00. The van der Waals surface area contributed by atoms with Gasteiger partial charge in [-0.1, -0.05) is 49.4 Å². The molecular weight excluding hydrogens is 276 g/mol. The molecule has 2 aromatic carbocycles. The van der Waals surface area contributed by atoms with Gasteiger partial charge in [0.2, 0.25) is 0 Å². The van der Waals surface area contributed by atoms with E-state index in [0.717, 1.165) is 11.1 Å². The first-order valence-electron chi connectivity index (χ1n) is 7.50. The standard InChI is InChI=1S/C19H20O3/c1-12-10-13(2)18(19(20)21-3)22-17(12)16-9-8-14-6-4-5-7-15(14)11-16/h4-12,17-18H,1-3H3/t12-,17-,18+/m0/s1. The number of ether oxygens (including phenoxy) is 2. The smallest absolute Gasteiger partial charge is 0.339 e. The third-order valence-electron chi connectivity index (χ3n) is 4.22. The van der Waals surface area contributed by atoms with E-state index in [1.54, 1.807) is 0 Å². The lowest BCUT2D eigenvalue weighted by Crippen LogP contribution is -2.34. The van der Waals surface area contributed by atoms with Gasteiger partial charge in [-0.25, -0.2) is 4.79 Å². The molecule has 3 atom stereocenters. The van der Waals surface area contributed by atoms with Crippen molar-refractivity contribution in [2.45, 2.75) is 26.1 Å². The van der Waals surface area contributed by atoms with Crippen molar-refractivity contribution in [1.82, 2.24) is 0 Å². The van der Waals surface area contributed by atoms with Gasteiger partial charge in [-0.3, -0.25) is 0 Å². The van der Waals surface area contributed by atoms with E-state index in [4.69, 9.17) is 9.47 Å². The Morgan fingerprint density at radius 1 is 1.14 bits per heavy atom. The Bertz CT molecular complexity index is 732. The molecule has 0 amide bonds. The fraction of sp³-hybridized carbons (Fsp3) is 0.316. The van der Waals surface area contributed by atoms with Crippen molar-refractivity contribution in [2.75, 3.05) is 7.11 Å². The lowest BCUT2D eigenvalue weighted by molar-refractivity contribution is -0.157. The van der Waals surface area contributed by atoms with Crippen LogP contribution in [0.25, 0.3) is 10.8 Å². The number of fused-ring (bicyclic) bond motifs is 1. The molecule has 1 heterocycles. The molecule has 1 aliphatic heterocycles. The van der Waals surface area contributed by atoms with Crippen LogP contribution < -0.4 is 0 Å². The van der Waals surface area contributed by atoms with Gasteiger partial charge in [0, 0.05) is 5.92 Å². The van der Waals surface area contributed by atoms with Gasteiger partial charge in [-0.05, 0) is 34.9 Å². The highest BCUT2D eigenvalue weighted by atomic mass is 16.6. The molecule has 0 aromatic heterocycles. The van der Waals surface area contributed by atoms with Crippen molar-refractivity contribution in [3.63, 3.8) is 0 Å². The number of rotatable bonds is 2. The quantitative estimate of drug-likeness (QED) is 0.620. The predicted octanol–water partition coefficient (Wildman–Crippen LogP) is 4.04. The summed E-state index contributed by atoms with van der Waals surface area (Å²) in [6.07, 6.45) is 1.35. The molecule has 114 valence electrons. The highest BCUT2D eigenvalue weighted by Gasteiger charge is 2.33. The normalized spacial score (nSPS) is 24.9. The molecule has 0 bridgehead atoms. The molecule has 0 unspecified atom stereocenters. The third kappa shape index (κ3) is 2.64. The third-order valence-corrected chi connectivity index (χ3v) is 4.22. The van der Waals surface area contributed by atoms with Crippen LogP contribution in [-0.4, -0.2) is 19.2 Å². The second-order valence-corrected chi connectivity index (χ2v) is 5.84. The highest BCUT2D eigenvalue weighted by Crippen LogP contribution is 2.36. The minimum Gasteiger partial charge on any atom is -0.467 e. The van der Waals surface area contributed by atoms with Crippen molar-refractivity contribution in [3.05, 3.63) is 59.7 Å². The van der Waals surface area contributed by atoms with Crippen LogP contribution in [0.2, 0.25) is 0 Å². The monoisotopic (exact) mass is 296 g/mol. The summed E-state index contributed by atoms with van der Waals surface area (Å²) in [5.74, 6) is -0.131. The average molecular weight is 296 g/mol. The number of benzene rings is 2. The van der Waals surface area contributed by atoms with Crippen molar-refractivity contribution >= 4 is 16.7 Å². The fourth-order valence-corrected chi connectivity index (χ4v) is 3.08. The summed E-state index contributed by atoms with van der Waals surface area (Å²) in [6, 6.07) is 14.5. The van der Waals surface area contributed by atoms with Gasteiger partial charge >= 0.3 is 5.97 Å². The van der Waals surface area contributed by atoms with Crippen LogP contribution >= 0.6 is 0 Å². The molecule has 0 aliphatic carbocycles. The lowest BCUT2D eigenvalue weighted by atomic mass is 9.90.